The molecule has 7 rings (SSSR count). The van der Waals surface area contributed by atoms with Crippen molar-refractivity contribution >= 4 is 77.7 Å². The molecular formula is C39H28Br2O4. The van der Waals surface area contributed by atoms with Crippen molar-refractivity contribution in [2.45, 2.75) is 0 Å². The average molecular weight is 720 g/mol. The molecule has 4 nitrogen and oxygen atoms in total. The first-order valence-electron chi connectivity index (χ1n) is 14.4. The fourth-order valence-electron chi connectivity index (χ4n) is 5.77. The largest absolute Gasteiger partial charge is 0.497 e. The topological polar surface area (TPSA) is 36.9 Å². The summed E-state index contributed by atoms with van der Waals surface area (Å²) < 4.78 is 25.7. The third-order valence-electron chi connectivity index (χ3n) is 7.97. The fraction of sp³-hybridized carbons (Fsp3) is 0.0769. The zero-order valence-electron chi connectivity index (χ0n) is 24.6. The quantitative estimate of drug-likeness (QED) is 0.161. The number of halogens is 2. The first-order valence-corrected chi connectivity index (χ1v) is 16.0. The highest BCUT2D eigenvalue weighted by Crippen LogP contribution is 2.51. The Morgan fingerprint density at radius 1 is 0.533 bits per heavy atom. The van der Waals surface area contributed by atoms with Crippen molar-refractivity contribution in [1.82, 2.24) is 0 Å². The van der Waals surface area contributed by atoms with Crippen LogP contribution in [0.25, 0.3) is 57.0 Å². The van der Waals surface area contributed by atoms with Crippen LogP contribution in [0.1, 0.15) is 22.3 Å². The molecule has 1 heterocycles. The van der Waals surface area contributed by atoms with Crippen molar-refractivity contribution in [3.8, 4) is 34.1 Å². The second-order valence-electron chi connectivity index (χ2n) is 10.7. The summed E-state index contributed by atoms with van der Waals surface area (Å²) in [5, 5.41) is 4.36. The molecular weight excluding hydrogens is 692 g/mol. The van der Waals surface area contributed by atoms with Gasteiger partial charge in [0.15, 0.2) is 0 Å². The Morgan fingerprint density at radius 3 is 1.36 bits per heavy atom. The summed E-state index contributed by atoms with van der Waals surface area (Å²) in [5.41, 5.74) is 6.07. The Balaban J connectivity index is 1.47. The fourth-order valence-corrected chi connectivity index (χ4v) is 6.52. The second-order valence-corrected chi connectivity index (χ2v) is 12.5. The van der Waals surface area contributed by atoms with Crippen LogP contribution in [0.3, 0.4) is 0 Å². The van der Waals surface area contributed by atoms with Crippen LogP contribution in [0.4, 0.5) is 0 Å². The Hall–Kier alpha value is -4.52. The maximum atomic E-state index is 6.49. The molecule has 0 fully saturated rings. The lowest BCUT2D eigenvalue weighted by molar-refractivity contribution is 0.124. The number of hydrogen-bond donors (Lipinski definition) is 0. The summed E-state index contributed by atoms with van der Waals surface area (Å²) in [6.07, 6.45) is 8.41. The molecule has 1 aliphatic rings. The van der Waals surface area contributed by atoms with Gasteiger partial charge in [-0.05, 0) is 93.3 Å². The van der Waals surface area contributed by atoms with Crippen LogP contribution in [0, 0.1) is 0 Å². The lowest BCUT2D eigenvalue weighted by Gasteiger charge is -2.17. The molecule has 0 N–H and O–H groups in total. The van der Waals surface area contributed by atoms with Crippen LogP contribution >= 0.6 is 31.9 Å². The molecule has 6 heteroatoms. The summed E-state index contributed by atoms with van der Waals surface area (Å²) >= 11 is 7.39. The third-order valence-corrected chi connectivity index (χ3v) is 8.95. The van der Waals surface area contributed by atoms with Gasteiger partial charge in [0.2, 0.25) is 6.79 Å². The zero-order valence-corrected chi connectivity index (χ0v) is 27.8. The smallest absolute Gasteiger partial charge is 0.231 e. The molecule has 0 bridgehead atoms. The van der Waals surface area contributed by atoms with Gasteiger partial charge in [-0.15, -0.1) is 0 Å². The highest BCUT2D eigenvalue weighted by Gasteiger charge is 2.26. The molecule has 0 spiro atoms. The van der Waals surface area contributed by atoms with E-state index in [-0.39, 0.29) is 6.79 Å². The second kappa shape index (κ2) is 12.5. The molecule has 0 amide bonds. The Kier molecular flexibility index (Phi) is 8.09. The SMILES string of the molecule is COc1ccc(/C=C/c2cc3cc(Br)ccc3c3c2OCOc2c(/C=C/c4ccc(OC)cc4)cc4cc(Br)ccc4c2-3)cc1. The van der Waals surface area contributed by atoms with Crippen LogP contribution in [0.15, 0.2) is 106 Å². The van der Waals surface area contributed by atoms with Crippen molar-refractivity contribution in [2.75, 3.05) is 21.0 Å². The molecule has 0 atom stereocenters. The highest BCUT2D eigenvalue weighted by atomic mass is 79.9. The molecule has 0 unspecified atom stereocenters. The van der Waals surface area contributed by atoms with Crippen molar-refractivity contribution in [3.63, 3.8) is 0 Å². The van der Waals surface area contributed by atoms with Gasteiger partial charge in [0.1, 0.15) is 23.0 Å². The summed E-state index contributed by atoms with van der Waals surface area (Å²) in [7, 11) is 3.35. The van der Waals surface area contributed by atoms with E-state index < -0.39 is 0 Å². The predicted octanol–water partition coefficient (Wildman–Crippen LogP) is 11.3. The van der Waals surface area contributed by atoms with Gasteiger partial charge in [-0.3, -0.25) is 0 Å². The summed E-state index contributed by atoms with van der Waals surface area (Å²) in [5.74, 6) is 3.22. The summed E-state index contributed by atoms with van der Waals surface area (Å²) in [4.78, 5) is 0. The molecule has 222 valence electrons. The molecule has 0 aromatic heterocycles. The number of hydrogen-bond acceptors (Lipinski definition) is 4. The monoisotopic (exact) mass is 718 g/mol. The zero-order chi connectivity index (χ0) is 30.9. The minimum absolute atomic E-state index is 0.0802. The Bertz CT molecular complexity index is 1960. The number of methoxy groups -OCH3 is 2. The van der Waals surface area contributed by atoms with Crippen LogP contribution < -0.4 is 18.9 Å². The van der Waals surface area contributed by atoms with Gasteiger partial charge in [-0.25, -0.2) is 0 Å². The van der Waals surface area contributed by atoms with Crippen molar-refractivity contribution in [3.05, 3.63) is 128 Å². The van der Waals surface area contributed by atoms with Gasteiger partial charge in [0, 0.05) is 31.2 Å². The van der Waals surface area contributed by atoms with Gasteiger partial charge in [-0.1, -0.05) is 92.6 Å². The van der Waals surface area contributed by atoms with E-state index in [0.29, 0.717) is 0 Å². The van der Waals surface area contributed by atoms with Crippen LogP contribution in [0.5, 0.6) is 23.0 Å². The normalized spacial score (nSPS) is 12.5. The minimum atomic E-state index is 0.0802. The van der Waals surface area contributed by atoms with Crippen LogP contribution in [0.2, 0.25) is 0 Å². The molecule has 0 aliphatic carbocycles. The Morgan fingerprint density at radius 2 is 0.956 bits per heavy atom. The predicted molar refractivity (Wildman–Crippen MR) is 192 cm³/mol. The average Bonchev–Trinajstić information content (AvgIpc) is 3.27. The maximum absolute atomic E-state index is 6.49. The summed E-state index contributed by atoms with van der Waals surface area (Å²) in [6, 6.07) is 33.1. The maximum Gasteiger partial charge on any atom is 0.231 e. The number of fused-ring (bicyclic) bond motifs is 7. The van der Waals surface area contributed by atoms with Gasteiger partial charge in [0.05, 0.1) is 14.2 Å². The van der Waals surface area contributed by atoms with Gasteiger partial charge in [0.25, 0.3) is 0 Å². The highest BCUT2D eigenvalue weighted by molar-refractivity contribution is 9.10. The molecule has 0 saturated heterocycles. The number of rotatable bonds is 6. The van der Waals surface area contributed by atoms with Crippen LogP contribution in [-0.2, 0) is 0 Å². The van der Waals surface area contributed by atoms with Crippen molar-refractivity contribution in [1.29, 1.82) is 0 Å². The lowest BCUT2D eigenvalue weighted by Crippen LogP contribution is -2.05. The standard InChI is InChI=1S/C39H28Br2O4/c1-42-32-13-5-24(6-14-32)3-9-26-19-28-21-30(40)11-17-34(28)36-37-35-18-12-31(41)22-29(35)20-27(39(37)45-23-44-38(26)36)10-4-25-7-15-33(43-2)16-8-25/h3-22H,23H2,1-2H3/b9-3+,10-4+. The van der Waals surface area contributed by atoms with Gasteiger partial charge in [-0.2, -0.15) is 0 Å². The van der Waals surface area contributed by atoms with E-state index in [1.165, 1.54) is 0 Å². The molecule has 0 radical (unpaired) electrons. The first kappa shape index (κ1) is 29.2. The lowest BCUT2D eigenvalue weighted by atomic mass is 9.88. The summed E-state index contributed by atoms with van der Waals surface area (Å²) in [6.45, 7) is 0.0802. The van der Waals surface area contributed by atoms with Gasteiger partial charge < -0.3 is 18.9 Å². The number of benzene rings is 6. The molecule has 6 aromatic carbocycles. The molecule has 1 aliphatic heterocycles. The van der Waals surface area contributed by atoms with E-state index in [4.69, 9.17) is 18.9 Å². The minimum Gasteiger partial charge on any atom is -0.497 e. The van der Waals surface area contributed by atoms with E-state index in [9.17, 15) is 0 Å². The molecule has 6 aromatic rings. The van der Waals surface area contributed by atoms with E-state index in [1.54, 1.807) is 14.2 Å². The van der Waals surface area contributed by atoms with E-state index >= 15 is 0 Å². The van der Waals surface area contributed by atoms with E-state index in [0.717, 1.165) is 86.9 Å². The van der Waals surface area contributed by atoms with Gasteiger partial charge >= 0.3 is 0 Å². The first-order chi connectivity index (χ1) is 22.0. The van der Waals surface area contributed by atoms with E-state index in [2.05, 4.69) is 105 Å². The third kappa shape index (κ3) is 5.84. The van der Waals surface area contributed by atoms with Crippen molar-refractivity contribution in [2.24, 2.45) is 0 Å². The van der Waals surface area contributed by atoms with E-state index in [1.807, 2.05) is 48.5 Å². The number of ether oxygens (including phenoxy) is 4. The Labute approximate surface area is 278 Å². The van der Waals surface area contributed by atoms with Crippen molar-refractivity contribution < 1.29 is 18.9 Å². The molecule has 45 heavy (non-hydrogen) atoms. The van der Waals surface area contributed by atoms with Crippen LogP contribution in [-0.4, -0.2) is 21.0 Å². The molecule has 0 saturated carbocycles.